The van der Waals surface area contributed by atoms with E-state index in [1.165, 1.54) is 0 Å². The van der Waals surface area contributed by atoms with Gasteiger partial charge in [-0.15, -0.1) is 0 Å². The number of nitrogens with zero attached hydrogens (tertiary/aromatic N) is 3. The lowest BCUT2D eigenvalue weighted by atomic mass is 10.3. The highest BCUT2D eigenvalue weighted by atomic mass is 35.5. The second kappa shape index (κ2) is 4.94. The summed E-state index contributed by atoms with van der Waals surface area (Å²) in [6.07, 6.45) is 2.36. The third-order valence-corrected chi connectivity index (χ3v) is 2.18. The Morgan fingerprint density at radius 2 is 2.38 bits per heavy atom. The first kappa shape index (κ1) is 10.9. The molecule has 0 fully saturated rings. The lowest BCUT2D eigenvalue weighted by Crippen LogP contribution is -2.06. The predicted molar refractivity (Wildman–Crippen MR) is 60.5 cm³/mol. The topological polar surface area (TPSA) is 63.8 Å². The molecule has 0 aliphatic rings. The highest BCUT2D eigenvalue weighted by molar-refractivity contribution is 6.29. The number of aromatic nitrogens is 3. The van der Waals surface area contributed by atoms with E-state index in [-0.39, 0.29) is 0 Å². The number of anilines is 1. The van der Waals surface area contributed by atoms with Gasteiger partial charge in [-0.25, -0.2) is 4.98 Å². The van der Waals surface area contributed by atoms with E-state index in [0.29, 0.717) is 23.3 Å². The molecule has 0 saturated carbocycles. The molecule has 0 amide bonds. The van der Waals surface area contributed by atoms with Gasteiger partial charge in [0.05, 0.1) is 0 Å². The van der Waals surface area contributed by atoms with Crippen molar-refractivity contribution >= 4 is 17.3 Å². The van der Waals surface area contributed by atoms with Gasteiger partial charge in [0.1, 0.15) is 5.15 Å². The summed E-state index contributed by atoms with van der Waals surface area (Å²) in [5.74, 6) is 1.28. The maximum Gasteiger partial charge on any atom is 0.223 e. The Morgan fingerprint density at radius 1 is 1.50 bits per heavy atom. The Balaban J connectivity index is 1.84. The molecule has 84 valence electrons. The Hall–Kier alpha value is -1.62. The molecular formula is C10H11ClN4O. The van der Waals surface area contributed by atoms with Crippen LogP contribution in [0.15, 0.2) is 22.9 Å². The summed E-state index contributed by atoms with van der Waals surface area (Å²) >= 11 is 5.75. The third kappa shape index (κ3) is 2.93. The molecule has 1 N–H and O–H groups in total. The maximum absolute atomic E-state index is 5.75. The van der Waals surface area contributed by atoms with Crippen LogP contribution in [0.4, 0.5) is 5.69 Å². The summed E-state index contributed by atoms with van der Waals surface area (Å²) in [5.41, 5.74) is 0.931. The van der Waals surface area contributed by atoms with Gasteiger partial charge >= 0.3 is 0 Å². The van der Waals surface area contributed by atoms with Crippen LogP contribution in [-0.2, 0) is 6.42 Å². The van der Waals surface area contributed by atoms with Crippen LogP contribution in [0, 0.1) is 6.92 Å². The average molecular weight is 239 g/mol. The number of hydrogen-bond donors (Lipinski definition) is 1. The van der Waals surface area contributed by atoms with E-state index in [1.54, 1.807) is 19.2 Å². The maximum atomic E-state index is 5.75. The second-order valence-electron chi connectivity index (χ2n) is 3.27. The normalized spacial score (nSPS) is 10.4. The fraction of sp³-hybridized carbons (Fsp3) is 0.300. The Kier molecular flexibility index (Phi) is 3.36. The van der Waals surface area contributed by atoms with Crippen LogP contribution in [0.3, 0.4) is 0 Å². The first-order valence-electron chi connectivity index (χ1n) is 4.88. The number of aryl methyl sites for hydroxylation is 1. The molecule has 6 heteroatoms. The van der Waals surface area contributed by atoms with E-state index in [9.17, 15) is 0 Å². The van der Waals surface area contributed by atoms with Crippen molar-refractivity contribution in [2.24, 2.45) is 0 Å². The van der Waals surface area contributed by atoms with Gasteiger partial charge in [0.25, 0.3) is 0 Å². The molecule has 0 aliphatic heterocycles. The van der Waals surface area contributed by atoms with Gasteiger partial charge < -0.3 is 9.84 Å². The molecule has 0 spiro atoms. The van der Waals surface area contributed by atoms with Crippen molar-refractivity contribution in [2.45, 2.75) is 13.3 Å². The molecule has 0 saturated heterocycles. The van der Waals surface area contributed by atoms with Gasteiger partial charge in [-0.2, -0.15) is 4.98 Å². The first-order valence-corrected chi connectivity index (χ1v) is 5.26. The number of pyridine rings is 1. The molecule has 2 rings (SSSR count). The number of halogens is 1. The minimum atomic E-state index is 0.473. The smallest absolute Gasteiger partial charge is 0.223 e. The lowest BCUT2D eigenvalue weighted by Gasteiger charge is -2.03. The van der Waals surface area contributed by atoms with Crippen LogP contribution >= 0.6 is 11.6 Å². The zero-order valence-corrected chi connectivity index (χ0v) is 9.53. The largest absolute Gasteiger partial charge is 0.384 e. The van der Waals surface area contributed by atoms with Gasteiger partial charge in [0.15, 0.2) is 5.82 Å². The van der Waals surface area contributed by atoms with Crippen molar-refractivity contribution in [2.75, 3.05) is 11.9 Å². The molecule has 5 nitrogen and oxygen atoms in total. The van der Waals surface area contributed by atoms with Crippen molar-refractivity contribution in [3.63, 3.8) is 0 Å². The SMILES string of the molecule is Cc1nc(CCNc2ccnc(Cl)c2)no1. The third-order valence-electron chi connectivity index (χ3n) is 1.97. The molecule has 0 aromatic carbocycles. The first-order chi connectivity index (χ1) is 7.74. The predicted octanol–water partition coefficient (Wildman–Crippen LogP) is 2.08. The Labute approximate surface area is 97.8 Å². The summed E-state index contributed by atoms with van der Waals surface area (Å²) in [6.45, 7) is 2.49. The molecule has 2 heterocycles. The van der Waals surface area contributed by atoms with Crippen LogP contribution in [0.25, 0.3) is 0 Å². The fourth-order valence-corrected chi connectivity index (χ4v) is 1.45. The zero-order chi connectivity index (χ0) is 11.4. The summed E-state index contributed by atoms with van der Waals surface area (Å²) in [5, 5.41) is 7.47. The monoisotopic (exact) mass is 238 g/mol. The van der Waals surface area contributed by atoms with Gasteiger partial charge in [0, 0.05) is 31.8 Å². The van der Waals surface area contributed by atoms with E-state index in [0.717, 1.165) is 12.2 Å². The summed E-state index contributed by atoms with van der Waals surface area (Å²) in [6, 6.07) is 3.62. The Morgan fingerprint density at radius 3 is 3.06 bits per heavy atom. The fourth-order valence-electron chi connectivity index (χ4n) is 1.27. The van der Waals surface area contributed by atoms with Crippen molar-refractivity contribution in [1.82, 2.24) is 15.1 Å². The molecule has 0 unspecified atom stereocenters. The minimum absolute atomic E-state index is 0.473. The second-order valence-corrected chi connectivity index (χ2v) is 3.66. The van der Waals surface area contributed by atoms with Crippen molar-refractivity contribution < 1.29 is 4.52 Å². The van der Waals surface area contributed by atoms with E-state index < -0.39 is 0 Å². The van der Waals surface area contributed by atoms with E-state index in [1.807, 2.05) is 6.07 Å². The molecule has 0 aliphatic carbocycles. The van der Waals surface area contributed by atoms with Gasteiger partial charge in [-0.05, 0) is 12.1 Å². The molecular weight excluding hydrogens is 228 g/mol. The quantitative estimate of drug-likeness (QED) is 0.827. The van der Waals surface area contributed by atoms with Crippen molar-refractivity contribution in [1.29, 1.82) is 0 Å². The number of hydrogen-bond acceptors (Lipinski definition) is 5. The van der Waals surface area contributed by atoms with Crippen LogP contribution in [0.1, 0.15) is 11.7 Å². The van der Waals surface area contributed by atoms with E-state index in [4.69, 9.17) is 16.1 Å². The Bertz CT molecular complexity index is 471. The van der Waals surface area contributed by atoms with Crippen molar-refractivity contribution in [3.05, 3.63) is 35.2 Å². The molecule has 0 bridgehead atoms. The van der Waals surface area contributed by atoms with E-state index >= 15 is 0 Å². The zero-order valence-electron chi connectivity index (χ0n) is 8.77. The molecule has 16 heavy (non-hydrogen) atoms. The summed E-state index contributed by atoms with van der Waals surface area (Å²) < 4.78 is 4.87. The van der Waals surface area contributed by atoms with Gasteiger partial charge in [0.2, 0.25) is 5.89 Å². The number of nitrogens with one attached hydrogen (secondary N) is 1. The standard InChI is InChI=1S/C10H11ClN4O/c1-7-14-10(15-16-7)3-5-12-8-2-4-13-9(11)6-8/h2,4,6H,3,5H2,1H3,(H,12,13). The molecule has 0 atom stereocenters. The molecule has 2 aromatic rings. The van der Waals surface area contributed by atoms with Crippen LogP contribution in [0.5, 0.6) is 0 Å². The van der Waals surface area contributed by atoms with Crippen LogP contribution < -0.4 is 5.32 Å². The lowest BCUT2D eigenvalue weighted by molar-refractivity contribution is 0.387. The highest BCUT2D eigenvalue weighted by Gasteiger charge is 2.01. The summed E-state index contributed by atoms with van der Waals surface area (Å²) in [7, 11) is 0. The van der Waals surface area contributed by atoms with Gasteiger partial charge in [-0.3, -0.25) is 0 Å². The molecule has 0 radical (unpaired) electrons. The van der Waals surface area contributed by atoms with Crippen LogP contribution in [-0.4, -0.2) is 21.7 Å². The van der Waals surface area contributed by atoms with Gasteiger partial charge in [-0.1, -0.05) is 16.8 Å². The van der Waals surface area contributed by atoms with Crippen molar-refractivity contribution in [3.8, 4) is 0 Å². The minimum Gasteiger partial charge on any atom is -0.384 e. The average Bonchev–Trinajstić information content (AvgIpc) is 2.64. The summed E-state index contributed by atoms with van der Waals surface area (Å²) in [4.78, 5) is 8.00. The van der Waals surface area contributed by atoms with E-state index in [2.05, 4.69) is 20.4 Å². The highest BCUT2D eigenvalue weighted by Crippen LogP contribution is 2.11. The van der Waals surface area contributed by atoms with Crippen LogP contribution in [0.2, 0.25) is 5.15 Å². The molecule has 2 aromatic heterocycles. The number of rotatable bonds is 4.